The van der Waals surface area contributed by atoms with E-state index in [2.05, 4.69) is 10.4 Å². The number of hydrogen-bond donors (Lipinski definition) is 2. The molecular weight excluding hydrogens is 258 g/mol. The second-order valence-corrected chi connectivity index (χ2v) is 5.09. The molecule has 0 atom stereocenters. The van der Waals surface area contributed by atoms with E-state index in [-0.39, 0.29) is 18.4 Å². The van der Waals surface area contributed by atoms with Crippen LogP contribution >= 0.6 is 0 Å². The predicted octanol–water partition coefficient (Wildman–Crippen LogP) is 2.23. The van der Waals surface area contributed by atoms with E-state index in [1.165, 1.54) is 0 Å². The molecule has 0 aliphatic heterocycles. The quantitative estimate of drug-likeness (QED) is 0.680. The molecule has 1 aromatic rings. The van der Waals surface area contributed by atoms with Crippen LogP contribution in [-0.2, 0) is 4.79 Å². The van der Waals surface area contributed by atoms with Gasteiger partial charge in [0.05, 0.1) is 0 Å². The largest absolute Gasteiger partial charge is 0.481 e. The number of rotatable bonds is 9. The molecule has 0 aromatic carbocycles. The zero-order valence-corrected chi connectivity index (χ0v) is 12.1. The van der Waals surface area contributed by atoms with E-state index in [0.717, 1.165) is 19.3 Å². The number of aliphatic carboxylic acids is 1. The van der Waals surface area contributed by atoms with E-state index in [9.17, 15) is 9.59 Å². The molecule has 1 amide bonds. The SMILES string of the molecule is CC(C)n1ccc(C(=O)NCCCCCCC(=O)O)n1. The molecule has 0 saturated heterocycles. The minimum absolute atomic E-state index is 0.157. The summed E-state index contributed by atoms with van der Waals surface area (Å²) in [6.07, 6.45) is 5.38. The first-order valence-corrected chi connectivity index (χ1v) is 7.06. The molecule has 0 unspecified atom stereocenters. The molecule has 1 heterocycles. The summed E-state index contributed by atoms with van der Waals surface area (Å²) in [5.74, 6) is -0.908. The Bertz CT molecular complexity index is 441. The maximum absolute atomic E-state index is 11.8. The molecule has 2 N–H and O–H groups in total. The molecule has 0 saturated carbocycles. The van der Waals surface area contributed by atoms with Crippen molar-refractivity contribution in [1.82, 2.24) is 15.1 Å². The van der Waals surface area contributed by atoms with Crippen LogP contribution in [0.3, 0.4) is 0 Å². The number of nitrogens with one attached hydrogen (secondary N) is 1. The van der Waals surface area contributed by atoms with Gasteiger partial charge in [-0.25, -0.2) is 0 Å². The first kappa shape index (κ1) is 16.2. The molecule has 0 aliphatic rings. The highest BCUT2D eigenvalue weighted by Gasteiger charge is 2.09. The van der Waals surface area contributed by atoms with E-state index in [1.54, 1.807) is 16.9 Å². The average molecular weight is 281 g/mol. The van der Waals surface area contributed by atoms with Crippen molar-refractivity contribution < 1.29 is 14.7 Å². The number of hydrogen-bond acceptors (Lipinski definition) is 3. The summed E-state index contributed by atoms with van der Waals surface area (Å²) >= 11 is 0. The Morgan fingerprint density at radius 3 is 2.60 bits per heavy atom. The summed E-state index contributed by atoms with van der Waals surface area (Å²) in [7, 11) is 0. The standard InChI is InChI=1S/C14H23N3O3/c1-11(2)17-10-8-12(16-17)14(20)15-9-6-4-3-5-7-13(18)19/h8,10-11H,3-7,9H2,1-2H3,(H,15,20)(H,18,19). The highest BCUT2D eigenvalue weighted by molar-refractivity contribution is 5.92. The Kier molecular flexibility index (Phi) is 6.76. The monoisotopic (exact) mass is 281 g/mol. The maximum Gasteiger partial charge on any atom is 0.303 e. The molecule has 112 valence electrons. The lowest BCUT2D eigenvalue weighted by Gasteiger charge is -2.05. The fourth-order valence-corrected chi connectivity index (χ4v) is 1.79. The van der Waals surface area contributed by atoms with Crippen LogP contribution < -0.4 is 5.32 Å². The first-order valence-electron chi connectivity index (χ1n) is 7.06. The predicted molar refractivity (Wildman–Crippen MR) is 75.7 cm³/mol. The summed E-state index contributed by atoms with van der Waals surface area (Å²) in [5, 5.41) is 15.5. The molecule has 0 aliphatic carbocycles. The van der Waals surface area contributed by atoms with Gasteiger partial charge in [0.2, 0.25) is 0 Å². The van der Waals surface area contributed by atoms with Crippen molar-refractivity contribution in [3.05, 3.63) is 18.0 Å². The second-order valence-electron chi connectivity index (χ2n) is 5.09. The van der Waals surface area contributed by atoms with Crippen molar-refractivity contribution in [2.45, 2.75) is 52.0 Å². The van der Waals surface area contributed by atoms with Gasteiger partial charge in [-0.15, -0.1) is 0 Å². The third-order valence-electron chi connectivity index (χ3n) is 2.97. The van der Waals surface area contributed by atoms with Crippen LogP contribution in [-0.4, -0.2) is 33.3 Å². The van der Waals surface area contributed by atoms with Crippen molar-refractivity contribution in [2.24, 2.45) is 0 Å². The van der Waals surface area contributed by atoms with Gasteiger partial charge < -0.3 is 10.4 Å². The Morgan fingerprint density at radius 2 is 2.00 bits per heavy atom. The Labute approximate surface area is 119 Å². The number of carbonyl (C=O) groups excluding carboxylic acids is 1. The number of carboxylic acid groups (broad SMARTS) is 1. The minimum Gasteiger partial charge on any atom is -0.481 e. The van der Waals surface area contributed by atoms with Gasteiger partial charge in [-0.05, 0) is 32.8 Å². The van der Waals surface area contributed by atoms with Crippen LogP contribution in [0, 0.1) is 0 Å². The Balaban J connectivity index is 2.15. The highest BCUT2D eigenvalue weighted by atomic mass is 16.4. The molecule has 0 fully saturated rings. The normalized spacial score (nSPS) is 10.8. The summed E-state index contributed by atoms with van der Waals surface area (Å²) in [5.41, 5.74) is 0.435. The molecule has 0 radical (unpaired) electrons. The van der Waals surface area contributed by atoms with Gasteiger partial charge >= 0.3 is 5.97 Å². The van der Waals surface area contributed by atoms with E-state index in [1.807, 2.05) is 13.8 Å². The zero-order chi connectivity index (χ0) is 15.0. The van der Waals surface area contributed by atoms with Crippen LogP contribution in [0.15, 0.2) is 12.3 Å². The highest BCUT2D eigenvalue weighted by Crippen LogP contribution is 2.05. The van der Waals surface area contributed by atoms with E-state index < -0.39 is 5.97 Å². The number of amides is 1. The van der Waals surface area contributed by atoms with Crippen LogP contribution in [0.2, 0.25) is 0 Å². The van der Waals surface area contributed by atoms with Gasteiger partial charge in [0.25, 0.3) is 5.91 Å². The molecule has 6 nitrogen and oxygen atoms in total. The van der Waals surface area contributed by atoms with Crippen molar-refractivity contribution in [3.8, 4) is 0 Å². The fourth-order valence-electron chi connectivity index (χ4n) is 1.79. The van der Waals surface area contributed by atoms with Crippen LogP contribution in [0.1, 0.15) is 62.5 Å². The van der Waals surface area contributed by atoms with Gasteiger partial charge in [-0.1, -0.05) is 12.8 Å². The third-order valence-corrected chi connectivity index (χ3v) is 2.97. The number of carbonyl (C=O) groups is 2. The lowest BCUT2D eigenvalue weighted by Crippen LogP contribution is -2.25. The summed E-state index contributed by atoms with van der Waals surface area (Å²) < 4.78 is 1.75. The van der Waals surface area contributed by atoms with Gasteiger partial charge in [0.1, 0.15) is 5.69 Å². The summed E-state index contributed by atoms with van der Waals surface area (Å²) in [6.45, 7) is 4.61. The van der Waals surface area contributed by atoms with E-state index >= 15 is 0 Å². The van der Waals surface area contributed by atoms with E-state index in [4.69, 9.17) is 5.11 Å². The van der Waals surface area contributed by atoms with Crippen molar-refractivity contribution in [2.75, 3.05) is 6.54 Å². The third kappa shape index (κ3) is 5.86. The summed E-state index contributed by atoms with van der Waals surface area (Å²) in [6, 6.07) is 1.95. The van der Waals surface area contributed by atoms with Crippen LogP contribution in [0.4, 0.5) is 0 Å². The average Bonchev–Trinajstić information content (AvgIpc) is 2.86. The lowest BCUT2D eigenvalue weighted by atomic mass is 10.1. The number of unbranched alkanes of at least 4 members (excludes halogenated alkanes) is 3. The van der Waals surface area contributed by atoms with Crippen LogP contribution in [0.5, 0.6) is 0 Å². The van der Waals surface area contributed by atoms with Gasteiger partial charge in [0, 0.05) is 25.2 Å². The minimum atomic E-state index is -0.751. The zero-order valence-electron chi connectivity index (χ0n) is 12.1. The molecule has 6 heteroatoms. The summed E-state index contributed by atoms with van der Waals surface area (Å²) in [4.78, 5) is 22.1. The maximum atomic E-state index is 11.8. The Morgan fingerprint density at radius 1 is 1.30 bits per heavy atom. The number of nitrogens with zero attached hydrogens (tertiary/aromatic N) is 2. The second kappa shape index (κ2) is 8.35. The number of carboxylic acids is 1. The first-order chi connectivity index (χ1) is 9.50. The molecule has 0 spiro atoms. The molecule has 20 heavy (non-hydrogen) atoms. The van der Waals surface area contributed by atoms with Crippen molar-refractivity contribution in [1.29, 1.82) is 0 Å². The number of aromatic nitrogens is 2. The van der Waals surface area contributed by atoms with Gasteiger partial charge in [0.15, 0.2) is 0 Å². The Hall–Kier alpha value is -1.85. The van der Waals surface area contributed by atoms with Gasteiger partial charge in [-0.2, -0.15) is 5.10 Å². The molecule has 1 aromatic heterocycles. The smallest absolute Gasteiger partial charge is 0.303 e. The molecule has 0 bridgehead atoms. The fraction of sp³-hybridized carbons (Fsp3) is 0.643. The van der Waals surface area contributed by atoms with E-state index in [0.29, 0.717) is 18.7 Å². The topological polar surface area (TPSA) is 84.2 Å². The van der Waals surface area contributed by atoms with Gasteiger partial charge in [-0.3, -0.25) is 14.3 Å². The lowest BCUT2D eigenvalue weighted by molar-refractivity contribution is -0.137. The van der Waals surface area contributed by atoms with Crippen LogP contribution in [0.25, 0.3) is 0 Å². The van der Waals surface area contributed by atoms with Crippen molar-refractivity contribution in [3.63, 3.8) is 0 Å². The molecular formula is C14H23N3O3. The molecule has 1 rings (SSSR count). The van der Waals surface area contributed by atoms with Crippen molar-refractivity contribution >= 4 is 11.9 Å².